The zero-order valence-corrected chi connectivity index (χ0v) is 17.4. The average Bonchev–Trinajstić information content (AvgIpc) is 2.92. The maximum absolute atomic E-state index is 12.8. The maximum atomic E-state index is 12.8. The largest absolute Gasteiger partial charge is 0.480 e. The highest BCUT2D eigenvalue weighted by molar-refractivity contribution is 8.01. The molecule has 9 heteroatoms. The van der Waals surface area contributed by atoms with Crippen LogP contribution in [0.1, 0.15) is 26.3 Å². The second-order valence-electron chi connectivity index (χ2n) is 7.41. The number of rotatable bonds is 6. The van der Waals surface area contributed by atoms with Crippen molar-refractivity contribution < 1.29 is 24.3 Å². The number of carboxylic acids is 1. The first-order valence-corrected chi connectivity index (χ1v) is 9.94. The number of hydrogen-bond donors (Lipinski definition) is 2. The zero-order chi connectivity index (χ0) is 21.3. The second-order valence-corrected chi connectivity index (χ2v) is 9.18. The first kappa shape index (κ1) is 20.9. The van der Waals surface area contributed by atoms with Gasteiger partial charge in [0.25, 0.3) is 5.91 Å². The summed E-state index contributed by atoms with van der Waals surface area (Å²) in [6, 6.07) is 7.71. The Bertz CT molecular complexity index is 897. The van der Waals surface area contributed by atoms with E-state index in [2.05, 4.69) is 10.5 Å². The smallest absolute Gasteiger partial charge is 0.327 e. The molecule has 2 aliphatic rings. The number of carbonyl (C=O) groups excluding carboxylic acids is 2. The molecule has 0 aliphatic carbocycles. The number of amides is 2. The quantitative estimate of drug-likeness (QED) is 0.415. The summed E-state index contributed by atoms with van der Waals surface area (Å²) < 4.78 is -0.655. The van der Waals surface area contributed by atoms with Crippen LogP contribution in [0.3, 0.4) is 0 Å². The van der Waals surface area contributed by atoms with E-state index >= 15 is 0 Å². The molecule has 154 valence electrons. The molecule has 2 amide bonds. The van der Waals surface area contributed by atoms with Crippen LogP contribution in [0, 0.1) is 0 Å². The third kappa shape index (κ3) is 3.87. The van der Waals surface area contributed by atoms with Crippen molar-refractivity contribution in [3.05, 3.63) is 41.5 Å². The molecule has 2 heterocycles. The molecule has 8 nitrogen and oxygen atoms in total. The molecule has 3 atom stereocenters. The molecule has 0 saturated carbocycles. The summed E-state index contributed by atoms with van der Waals surface area (Å²) in [6.07, 6.45) is 1.79. The normalized spacial score (nSPS) is 25.9. The van der Waals surface area contributed by atoms with Gasteiger partial charge >= 0.3 is 5.97 Å². The Morgan fingerprint density at radius 3 is 2.55 bits per heavy atom. The fraction of sp³-hybridized carbons (Fsp3) is 0.400. The summed E-state index contributed by atoms with van der Waals surface area (Å²) in [6.45, 7) is 5.30. The van der Waals surface area contributed by atoms with Crippen molar-refractivity contribution in [3.8, 4) is 0 Å². The van der Waals surface area contributed by atoms with Crippen molar-refractivity contribution in [3.63, 3.8) is 0 Å². The van der Waals surface area contributed by atoms with Gasteiger partial charge < -0.3 is 20.2 Å². The predicted octanol–water partition coefficient (Wildman–Crippen LogP) is 1.72. The molecule has 0 spiro atoms. The number of thioether (sulfide) groups is 1. The summed E-state index contributed by atoms with van der Waals surface area (Å²) >= 11 is 1.37. The Hall–Kier alpha value is -2.81. The Labute approximate surface area is 173 Å². The van der Waals surface area contributed by atoms with Crippen molar-refractivity contribution in [2.45, 2.75) is 43.0 Å². The lowest BCUT2D eigenvalue weighted by Crippen LogP contribution is -2.71. The number of aliphatic carboxylic acids is 1. The minimum Gasteiger partial charge on any atom is -0.480 e. The number of β-lactam (4-membered cyclic amide) rings is 1. The van der Waals surface area contributed by atoms with Crippen molar-refractivity contribution in [2.24, 2.45) is 5.16 Å². The molecule has 0 radical (unpaired) electrons. The van der Waals surface area contributed by atoms with E-state index < -0.39 is 40.0 Å². The number of oxime groups is 1. The van der Waals surface area contributed by atoms with E-state index in [1.54, 1.807) is 26.8 Å². The predicted molar refractivity (Wildman–Crippen MR) is 110 cm³/mol. The third-order valence-electron chi connectivity index (χ3n) is 4.92. The summed E-state index contributed by atoms with van der Waals surface area (Å²) in [5.74, 6) is -2.01. The van der Waals surface area contributed by atoms with E-state index in [-0.39, 0.29) is 5.71 Å². The van der Waals surface area contributed by atoms with E-state index in [9.17, 15) is 19.5 Å². The van der Waals surface area contributed by atoms with Crippen LogP contribution in [0.15, 0.2) is 41.1 Å². The first-order valence-electron chi connectivity index (χ1n) is 9.06. The van der Waals surface area contributed by atoms with Gasteiger partial charge in [0.2, 0.25) is 5.91 Å². The zero-order valence-electron chi connectivity index (χ0n) is 16.6. The fourth-order valence-electron chi connectivity index (χ4n) is 3.61. The number of carbonyl (C=O) groups is 3. The summed E-state index contributed by atoms with van der Waals surface area (Å²) in [4.78, 5) is 43.1. The molecule has 0 unspecified atom stereocenters. The van der Waals surface area contributed by atoms with Crippen LogP contribution < -0.4 is 5.32 Å². The van der Waals surface area contributed by atoms with Gasteiger partial charge in [-0.15, -0.1) is 11.8 Å². The van der Waals surface area contributed by atoms with Gasteiger partial charge in [0.15, 0.2) is 5.71 Å². The Balaban J connectivity index is 1.77. The molecule has 2 saturated heterocycles. The molecule has 3 rings (SSSR count). The molecular formula is C20H23N3O5S. The molecule has 29 heavy (non-hydrogen) atoms. The van der Waals surface area contributed by atoms with Gasteiger partial charge in [-0.3, -0.25) is 9.59 Å². The Morgan fingerprint density at radius 1 is 1.31 bits per heavy atom. The minimum absolute atomic E-state index is 0.0552. The number of hydrogen-bond acceptors (Lipinski definition) is 6. The van der Waals surface area contributed by atoms with Gasteiger partial charge in [-0.25, -0.2) is 4.79 Å². The van der Waals surface area contributed by atoms with Crippen molar-refractivity contribution >= 4 is 41.3 Å². The molecule has 0 bridgehead atoms. The first-order chi connectivity index (χ1) is 13.7. The highest BCUT2D eigenvalue weighted by atomic mass is 32.2. The van der Waals surface area contributed by atoms with Crippen molar-refractivity contribution in [1.29, 1.82) is 0 Å². The lowest BCUT2D eigenvalue weighted by Gasteiger charge is -2.43. The van der Waals surface area contributed by atoms with Gasteiger partial charge in [-0.2, -0.15) is 0 Å². The number of fused-ring (bicyclic) bond motifs is 1. The lowest BCUT2D eigenvalue weighted by atomic mass is 9.96. The fourth-order valence-corrected chi connectivity index (χ4v) is 5.23. The molecule has 2 fully saturated rings. The lowest BCUT2D eigenvalue weighted by molar-refractivity contribution is -0.160. The second kappa shape index (κ2) is 7.90. The third-order valence-corrected chi connectivity index (χ3v) is 6.49. The molecule has 0 aromatic heterocycles. The van der Waals surface area contributed by atoms with E-state index in [4.69, 9.17) is 4.84 Å². The topological polar surface area (TPSA) is 108 Å². The van der Waals surface area contributed by atoms with Crippen LogP contribution in [-0.4, -0.2) is 62.8 Å². The van der Waals surface area contributed by atoms with E-state index in [1.807, 2.05) is 30.3 Å². The average molecular weight is 417 g/mol. The molecule has 2 N–H and O–H groups in total. The van der Waals surface area contributed by atoms with E-state index in [1.165, 1.54) is 23.8 Å². The Morgan fingerprint density at radius 2 is 1.97 bits per heavy atom. The standard InChI is InChI=1S/C20H23N3O5S/c1-11(10-12-8-6-5-7-9-12)13(22-28-4)16(24)21-14-17(25)23-15(19(26)27)20(2,3)29-18(14)23/h5-10,14-15,18H,1-4H3,(H,21,24)(H,26,27)/b11-10+,22-13-/t14-,15+,18-/m1/s1. The number of nitrogens with one attached hydrogen (secondary N) is 1. The highest BCUT2D eigenvalue weighted by Gasteiger charge is 2.64. The monoisotopic (exact) mass is 417 g/mol. The van der Waals surface area contributed by atoms with Gasteiger partial charge in [-0.1, -0.05) is 35.5 Å². The van der Waals surface area contributed by atoms with Gasteiger partial charge in [0.05, 0.1) is 0 Å². The molecule has 2 aliphatic heterocycles. The van der Waals surface area contributed by atoms with Crippen LogP contribution >= 0.6 is 11.8 Å². The van der Waals surface area contributed by atoms with Crippen LogP contribution in [-0.2, 0) is 19.2 Å². The van der Waals surface area contributed by atoms with Gasteiger partial charge in [0.1, 0.15) is 24.6 Å². The van der Waals surface area contributed by atoms with Crippen LogP contribution in [0.25, 0.3) is 6.08 Å². The minimum atomic E-state index is -1.05. The molecule has 1 aromatic carbocycles. The SMILES string of the molecule is CO/N=C(C(=O)N[C@@H]1C(=O)N2[C@@H]1SC(C)(C)[C@@H]2C(=O)O)/C(C)=C/c1ccccc1. The van der Waals surface area contributed by atoms with Crippen LogP contribution in [0.2, 0.25) is 0 Å². The summed E-state index contributed by atoms with van der Waals surface area (Å²) in [5, 5.41) is 15.6. The number of benzene rings is 1. The van der Waals surface area contributed by atoms with Crippen LogP contribution in [0.5, 0.6) is 0 Å². The highest BCUT2D eigenvalue weighted by Crippen LogP contribution is 2.50. The van der Waals surface area contributed by atoms with Gasteiger partial charge in [0, 0.05) is 4.75 Å². The number of carboxylic acid groups (broad SMARTS) is 1. The van der Waals surface area contributed by atoms with Crippen LogP contribution in [0.4, 0.5) is 0 Å². The van der Waals surface area contributed by atoms with Gasteiger partial charge in [-0.05, 0) is 38.0 Å². The summed E-state index contributed by atoms with van der Waals surface area (Å²) in [5.41, 5.74) is 1.52. The van der Waals surface area contributed by atoms with Crippen molar-refractivity contribution in [2.75, 3.05) is 7.11 Å². The molecular weight excluding hydrogens is 394 g/mol. The Kier molecular flexibility index (Phi) is 5.70. The van der Waals surface area contributed by atoms with Crippen molar-refractivity contribution in [1.82, 2.24) is 10.2 Å². The van der Waals surface area contributed by atoms with E-state index in [0.29, 0.717) is 5.57 Å². The van der Waals surface area contributed by atoms with E-state index in [0.717, 1.165) is 5.56 Å². The maximum Gasteiger partial charge on any atom is 0.327 e. The number of nitrogens with zero attached hydrogens (tertiary/aromatic N) is 2. The summed E-state index contributed by atoms with van der Waals surface area (Å²) in [7, 11) is 1.34. The molecule has 1 aromatic rings.